The molecular formula is C18H10ClF2NO4. The van der Waals surface area contributed by atoms with Crippen LogP contribution in [0.25, 0.3) is 16.6 Å². The van der Waals surface area contributed by atoms with E-state index in [1.165, 1.54) is 16.8 Å². The van der Waals surface area contributed by atoms with Gasteiger partial charge in [0.2, 0.25) is 11.2 Å². The summed E-state index contributed by atoms with van der Waals surface area (Å²) in [6, 6.07) is 5.33. The number of benzene rings is 2. The zero-order valence-electron chi connectivity index (χ0n) is 13.3. The molecule has 0 saturated carbocycles. The first-order valence-electron chi connectivity index (χ1n) is 7.64. The highest BCUT2D eigenvalue weighted by Gasteiger charge is 2.29. The highest BCUT2D eigenvalue weighted by Crippen LogP contribution is 2.42. The van der Waals surface area contributed by atoms with Crippen molar-refractivity contribution >= 4 is 28.5 Å². The number of carbonyl (C=O) groups is 1. The Hall–Kier alpha value is -2.93. The fourth-order valence-electron chi connectivity index (χ4n) is 2.92. The third-order valence-electron chi connectivity index (χ3n) is 4.03. The maximum atomic E-state index is 14.3. The molecule has 3 aromatic rings. The summed E-state index contributed by atoms with van der Waals surface area (Å²) in [5.74, 6) is -3.63. The van der Waals surface area contributed by atoms with Crippen molar-refractivity contribution < 1.29 is 23.0 Å². The summed E-state index contributed by atoms with van der Waals surface area (Å²) in [6.07, 6.45) is 1.23. The zero-order valence-corrected chi connectivity index (χ0v) is 14.1. The van der Waals surface area contributed by atoms with Gasteiger partial charge in [0.05, 0.1) is 17.7 Å². The summed E-state index contributed by atoms with van der Waals surface area (Å²) in [4.78, 5) is 24.8. The number of esters is 1. The predicted molar refractivity (Wildman–Crippen MR) is 90.5 cm³/mol. The quantitative estimate of drug-likeness (QED) is 0.491. The summed E-state index contributed by atoms with van der Waals surface area (Å²) >= 11 is 5.94. The van der Waals surface area contributed by atoms with Gasteiger partial charge in [-0.2, -0.15) is 4.39 Å². The number of ether oxygens (including phenoxy) is 2. The third kappa shape index (κ3) is 2.28. The van der Waals surface area contributed by atoms with E-state index in [1.807, 2.05) is 0 Å². The van der Waals surface area contributed by atoms with Crippen LogP contribution in [0.15, 0.2) is 35.3 Å². The molecule has 0 aliphatic carbocycles. The first kappa shape index (κ1) is 16.5. The minimum Gasteiger partial charge on any atom is -0.462 e. The maximum absolute atomic E-state index is 14.3. The normalized spacial score (nSPS) is 11.8. The van der Waals surface area contributed by atoms with E-state index < -0.39 is 28.8 Å². The molecule has 4 rings (SSSR count). The number of aromatic nitrogens is 1. The van der Waals surface area contributed by atoms with Gasteiger partial charge in [0.15, 0.2) is 17.3 Å². The van der Waals surface area contributed by atoms with Gasteiger partial charge in [0.25, 0.3) is 0 Å². The molecule has 1 aromatic heterocycles. The first-order valence-corrected chi connectivity index (χ1v) is 8.02. The lowest BCUT2D eigenvalue weighted by atomic mass is 10.1. The Kier molecular flexibility index (Phi) is 3.69. The van der Waals surface area contributed by atoms with Crippen LogP contribution < -0.4 is 10.2 Å². The summed E-state index contributed by atoms with van der Waals surface area (Å²) in [5.41, 5.74) is -0.616. The second-order valence-corrected chi connectivity index (χ2v) is 6.01. The summed E-state index contributed by atoms with van der Waals surface area (Å²) in [6.45, 7) is 1.66. The smallest absolute Gasteiger partial charge is 0.343 e. The molecule has 0 atom stereocenters. The lowest BCUT2D eigenvalue weighted by Crippen LogP contribution is -2.22. The molecule has 2 heterocycles. The van der Waals surface area contributed by atoms with E-state index in [2.05, 4.69) is 0 Å². The van der Waals surface area contributed by atoms with Gasteiger partial charge in [-0.25, -0.2) is 9.18 Å². The molecule has 26 heavy (non-hydrogen) atoms. The average Bonchev–Trinajstić information content (AvgIpc) is 2.61. The Morgan fingerprint density at radius 2 is 2.08 bits per heavy atom. The molecule has 0 unspecified atom stereocenters. The van der Waals surface area contributed by atoms with Crippen molar-refractivity contribution in [2.24, 2.45) is 0 Å². The van der Waals surface area contributed by atoms with Crippen LogP contribution in [0.1, 0.15) is 17.3 Å². The summed E-state index contributed by atoms with van der Waals surface area (Å²) in [5, 5.41) is 0.136. The Bertz CT molecular complexity index is 1160. The Balaban J connectivity index is 2.16. The summed E-state index contributed by atoms with van der Waals surface area (Å²) in [7, 11) is 0. The number of hydrogen-bond acceptors (Lipinski definition) is 4. The molecule has 0 amide bonds. The lowest BCUT2D eigenvalue weighted by Gasteiger charge is -2.24. The fraction of sp³-hybridized carbons (Fsp3) is 0.111. The van der Waals surface area contributed by atoms with Gasteiger partial charge in [0, 0.05) is 17.3 Å². The minimum atomic E-state index is -1.26. The van der Waals surface area contributed by atoms with Crippen LogP contribution in [-0.2, 0) is 4.74 Å². The van der Waals surface area contributed by atoms with Crippen molar-refractivity contribution in [2.45, 2.75) is 6.92 Å². The fourth-order valence-corrected chi connectivity index (χ4v) is 3.08. The molecule has 0 fully saturated rings. The van der Waals surface area contributed by atoms with Crippen molar-refractivity contribution in [1.82, 2.24) is 4.57 Å². The molecule has 0 saturated heterocycles. The molecule has 2 aromatic carbocycles. The van der Waals surface area contributed by atoms with Crippen LogP contribution in [0.3, 0.4) is 0 Å². The van der Waals surface area contributed by atoms with Crippen LogP contribution in [0.4, 0.5) is 8.78 Å². The Labute approximate surface area is 150 Å². The van der Waals surface area contributed by atoms with Gasteiger partial charge in [-0.3, -0.25) is 4.79 Å². The monoisotopic (exact) mass is 377 g/mol. The molecule has 5 nitrogen and oxygen atoms in total. The van der Waals surface area contributed by atoms with E-state index in [0.717, 1.165) is 6.07 Å². The number of pyridine rings is 1. The van der Waals surface area contributed by atoms with E-state index in [1.54, 1.807) is 19.1 Å². The molecule has 0 bridgehead atoms. The van der Waals surface area contributed by atoms with E-state index in [0.29, 0.717) is 10.7 Å². The topological polar surface area (TPSA) is 57.5 Å². The molecule has 0 radical (unpaired) electrons. The van der Waals surface area contributed by atoms with Crippen LogP contribution in [0, 0.1) is 11.6 Å². The first-order chi connectivity index (χ1) is 12.4. The van der Waals surface area contributed by atoms with Crippen molar-refractivity contribution in [3.63, 3.8) is 0 Å². The van der Waals surface area contributed by atoms with Gasteiger partial charge in [-0.05, 0) is 25.1 Å². The molecule has 132 valence electrons. The van der Waals surface area contributed by atoms with E-state index >= 15 is 0 Å². The van der Waals surface area contributed by atoms with Crippen molar-refractivity contribution in [3.8, 4) is 17.2 Å². The lowest BCUT2D eigenvalue weighted by molar-refractivity contribution is 0.0524. The van der Waals surface area contributed by atoms with E-state index in [9.17, 15) is 18.4 Å². The van der Waals surface area contributed by atoms with Crippen LogP contribution in [-0.4, -0.2) is 17.1 Å². The maximum Gasteiger partial charge on any atom is 0.343 e. The second kappa shape index (κ2) is 5.81. The van der Waals surface area contributed by atoms with Crippen LogP contribution in [0.5, 0.6) is 11.5 Å². The molecule has 0 N–H and O–H groups in total. The number of hydrogen-bond donors (Lipinski definition) is 0. The average molecular weight is 378 g/mol. The van der Waals surface area contributed by atoms with Gasteiger partial charge >= 0.3 is 5.97 Å². The SMILES string of the molecule is CCOC(=O)c1cn2c3c(c(F)c(F)cc3c1=O)Oc1cc(Cl)ccc1-2. The second-order valence-electron chi connectivity index (χ2n) is 5.57. The predicted octanol–water partition coefficient (Wildman–Crippen LogP) is 4.20. The number of halogens is 3. The highest BCUT2D eigenvalue weighted by atomic mass is 35.5. The molecular weight excluding hydrogens is 368 g/mol. The molecule has 1 aliphatic rings. The van der Waals surface area contributed by atoms with E-state index in [-0.39, 0.29) is 28.8 Å². The minimum absolute atomic E-state index is 0.0248. The standard InChI is InChI=1S/C18H10ClF2NO4/c1-2-25-18(24)10-7-22-12-4-3-8(19)5-13(12)26-17-14(21)11(20)6-9(15(17)22)16(10)23/h3-7H,2H2,1H3. The summed E-state index contributed by atoms with van der Waals surface area (Å²) < 4.78 is 40.1. The number of rotatable bonds is 2. The van der Waals surface area contributed by atoms with Crippen molar-refractivity contribution in [3.05, 3.63) is 62.9 Å². The van der Waals surface area contributed by atoms with E-state index in [4.69, 9.17) is 21.1 Å². The number of fused-ring (bicyclic) bond motifs is 2. The molecule has 8 heteroatoms. The number of carbonyl (C=O) groups excluding carboxylic acids is 1. The Morgan fingerprint density at radius 3 is 2.81 bits per heavy atom. The Morgan fingerprint density at radius 1 is 1.31 bits per heavy atom. The molecule has 0 spiro atoms. The third-order valence-corrected chi connectivity index (χ3v) is 4.26. The van der Waals surface area contributed by atoms with Crippen LogP contribution >= 0.6 is 11.6 Å². The van der Waals surface area contributed by atoms with Gasteiger partial charge in [-0.1, -0.05) is 11.6 Å². The van der Waals surface area contributed by atoms with Gasteiger partial charge < -0.3 is 14.0 Å². The largest absolute Gasteiger partial charge is 0.462 e. The highest BCUT2D eigenvalue weighted by molar-refractivity contribution is 6.30. The van der Waals surface area contributed by atoms with Gasteiger partial charge in [0.1, 0.15) is 11.1 Å². The van der Waals surface area contributed by atoms with Gasteiger partial charge in [-0.15, -0.1) is 0 Å². The van der Waals surface area contributed by atoms with Crippen molar-refractivity contribution in [1.29, 1.82) is 0 Å². The zero-order chi connectivity index (χ0) is 18.6. The van der Waals surface area contributed by atoms with Crippen molar-refractivity contribution in [2.75, 3.05) is 6.61 Å². The molecule has 1 aliphatic heterocycles. The number of nitrogens with zero attached hydrogens (tertiary/aromatic N) is 1. The van der Waals surface area contributed by atoms with Crippen LogP contribution in [0.2, 0.25) is 5.02 Å².